The van der Waals surface area contributed by atoms with Crippen molar-refractivity contribution < 1.29 is 12.8 Å². The Bertz CT molecular complexity index is 510. The highest BCUT2D eigenvalue weighted by Gasteiger charge is 2.28. The highest BCUT2D eigenvalue weighted by Crippen LogP contribution is 2.26. The van der Waals surface area contributed by atoms with E-state index in [1.807, 2.05) is 6.92 Å². The summed E-state index contributed by atoms with van der Waals surface area (Å²) in [5.74, 6) is 1.23. The second kappa shape index (κ2) is 6.07. The van der Waals surface area contributed by atoms with Crippen molar-refractivity contribution in [1.82, 2.24) is 10.0 Å². The van der Waals surface area contributed by atoms with E-state index < -0.39 is 10.0 Å². The smallest absolute Gasteiger partial charge is 0.274 e. The van der Waals surface area contributed by atoms with Crippen LogP contribution in [0.2, 0.25) is 0 Å². The standard InChI is InChI=1S/C13H22N2O3S/c1-3-14-9-12-6-7-13(18-12)19(16,17)15-11-5-4-10(2)8-11/h6-7,10-11,14-15H,3-5,8-9H2,1-2H3. The first kappa shape index (κ1) is 14.6. The van der Waals surface area contributed by atoms with Crippen molar-refractivity contribution in [1.29, 1.82) is 0 Å². The van der Waals surface area contributed by atoms with E-state index in [1.165, 1.54) is 6.07 Å². The van der Waals surface area contributed by atoms with Gasteiger partial charge in [-0.25, -0.2) is 13.1 Å². The number of nitrogens with one attached hydrogen (secondary N) is 2. The summed E-state index contributed by atoms with van der Waals surface area (Å²) in [5.41, 5.74) is 0. The predicted molar refractivity (Wildman–Crippen MR) is 73.2 cm³/mol. The summed E-state index contributed by atoms with van der Waals surface area (Å²) in [6, 6.07) is 3.27. The number of hydrogen-bond donors (Lipinski definition) is 2. The van der Waals surface area contributed by atoms with Crippen LogP contribution in [0, 0.1) is 5.92 Å². The normalized spacial score (nSPS) is 23.9. The van der Waals surface area contributed by atoms with E-state index in [2.05, 4.69) is 17.0 Å². The molecule has 1 fully saturated rings. The van der Waals surface area contributed by atoms with Crippen LogP contribution in [-0.2, 0) is 16.6 Å². The summed E-state index contributed by atoms with van der Waals surface area (Å²) < 4.78 is 32.4. The van der Waals surface area contributed by atoms with E-state index in [0.29, 0.717) is 18.2 Å². The SMILES string of the molecule is CCNCc1ccc(S(=O)(=O)NC2CCC(C)C2)o1. The van der Waals surface area contributed by atoms with Crippen LogP contribution in [0.3, 0.4) is 0 Å². The third kappa shape index (κ3) is 3.81. The summed E-state index contributed by atoms with van der Waals surface area (Å²) >= 11 is 0. The molecule has 108 valence electrons. The fourth-order valence-electron chi connectivity index (χ4n) is 2.44. The summed E-state index contributed by atoms with van der Waals surface area (Å²) in [4.78, 5) is 0. The molecule has 0 bridgehead atoms. The third-order valence-corrected chi connectivity index (χ3v) is 4.86. The molecular formula is C13H22N2O3S. The van der Waals surface area contributed by atoms with Crippen LogP contribution in [0.25, 0.3) is 0 Å². The molecule has 1 saturated carbocycles. The molecule has 0 saturated heterocycles. The van der Waals surface area contributed by atoms with Gasteiger partial charge in [0.1, 0.15) is 5.76 Å². The van der Waals surface area contributed by atoms with Crippen molar-refractivity contribution in [3.63, 3.8) is 0 Å². The van der Waals surface area contributed by atoms with Crippen molar-refractivity contribution in [3.05, 3.63) is 17.9 Å². The Morgan fingerprint density at radius 2 is 2.16 bits per heavy atom. The lowest BCUT2D eigenvalue weighted by Crippen LogP contribution is -2.32. The molecule has 19 heavy (non-hydrogen) atoms. The van der Waals surface area contributed by atoms with Crippen molar-refractivity contribution in [2.24, 2.45) is 5.92 Å². The Hall–Kier alpha value is -0.850. The van der Waals surface area contributed by atoms with Crippen molar-refractivity contribution >= 4 is 10.0 Å². The molecule has 0 amide bonds. The molecule has 1 aliphatic rings. The summed E-state index contributed by atoms with van der Waals surface area (Å²) in [6.07, 6.45) is 2.90. The maximum absolute atomic E-state index is 12.2. The van der Waals surface area contributed by atoms with Gasteiger partial charge < -0.3 is 9.73 Å². The van der Waals surface area contributed by atoms with Gasteiger partial charge in [0.2, 0.25) is 5.09 Å². The average Bonchev–Trinajstić information content (AvgIpc) is 2.95. The molecule has 2 atom stereocenters. The van der Waals surface area contributed by atoms with Gasteiger partial charge in [-0.2, -0.15) is 0 Å². The zero-order valence-electron chi connectivity index (χ0n) is 11.5. The topological polar surface area (TPSA) is 71.3 Å². The fraction of sp³-hybridized carbons (Fsp3) is 0.692. The molecule has 2 unspecified atom stereocenters. The number of sulfonamides is 1. The van der Waals surface area contributed by atoms with E-state index in [9.17, 15) is 8.42 Å². The molecule has 6 heteroatoms. The van der Waals surface area contributed by atoms with Gasteiger partial charge in [-0.1, -0.05) is 13.8 Å². The van der Waals surface area contributed by atoms with Crippen LogP contribution in [-0.4, -0.2) is 21.0 Å². The lowest BCUT2D eigenvalue weighted by molar-refractivity contribution is 0.399. The lowest BCUT2D eigenvalue weighted by Gasteiger charge is -2.11. The minimum atomic E-state index is -3.52. The van der Waals surface area contributed by atoms with Gasteiger partial charge in [-0.3, -0.25) is 0 Å². The van der Waals surface area contributed by atoms with Gasteiger partial charge in [-0.05, 0) is 43.9 Å². The lowest BCUT2D eigenvalue weighted by atomic mass is 10.1. The molecule has 2 N–H and O–H groups in total. The van der Waals surface area contributed by atoms with Crippen molar-refractivity contribution in [2.75, 3.05) is 6.54 Å². The van der Waals surface area contributed by atoms with E-state index in [0.717, 1.165) is 25.8 Å². The van der Waals surface area contributed by atoms with Crippen LogP contribution in [0.4, 0.5) is 0 Å². The molecule has 1 aromatic rings. The molecule has 1 aliphatic carbocycles. The Balaban J connectivity index is 2.00. The monoisotopic (exact) mass is 286 g/mol. The van der Waals surface area contributed by atoms with Crippen LogP contribution in [0.5, 0.6) is 0 Å². The van der Waals surface area contributed by atoms with Gasteiger partial charge in [0.05, 0.1) is 6.54 Å². The van der Waals surface area contributed by atoms with Gasteiger partial charge in [0, 0.05) is 6.04 Å². The van der Waals surface area contributed by atoms with E-state index in [-0.39, 0.29) is 11.1 Å². The first-order valence-electron chi connectivity index (χ1n) is 6.83. The summed E-state index contributed by atoms with van der Waals surface area (Å²) in [7, 11) is -3.52. The second-order valence-electron chi connectivity index (χ2n) is 5.24. The number of furan rings is 1. The minimum absolute atomic E-state index is 0.0138. The molecule has 0 radical (unpaired) electrons. The summed E-state index contributed by atoms with van der Waals surface area (Å²) in [6.45, 7) is 5.51. The fourth-order valence-corrected chi connectivity index (χ4v) is 3.67. The first-order valence-corrected chi connectivity index (χ1v) is 8.31. The summed E-state index contributed by atoms with van der Waals surface area (Å²) in [5, 5.41) is 3.11. The molecule has 0 spiro atoms. The maximum Gasteiger partial charge on any atom is 0.274 e. The molecule has 1 aromatic heterocycles. The number of rotatable bonds is 6. The largest absolute Gasteiger partial charge is 0.447 e. The predicted octanol–water partition coefficient (Wildman–Crippen LogP) is 1.86. The van der Waals surface area contributed by atoms with Gasteiger partial charge in [-0.15, -0.1) is 0 Å². The Morgan fingerprint density at radius 1 is 1.37 bits per heavy atom. The Morgan fingerprint density at radius 3 is 2.79 bits per heavy atom. The highest BCUT2D eigenvalue weighted by atomic mass is 32.2. The molecule has 0 aromatic carbocycles. The van der Waals surface area contributed by atoms with E-state index in [1.54, 1.807) is 6.07 Å². The van der Waals surface area contributed by atoms with Crippen LogP contribution in [0.15, 0.2) is 21.6 Å². The Labute approximate surface area is 114 Å². The molecule has 5 nitrogen and oxygen atoms in total. The van der Waals surface area contributed by atoms with Crippen molar-refractivity contribution in [3.8, 4) is 0 Å². The van der Waals surface area contributed by atoms with E-state index >= 15 is 0 Å². The maximum atomic E-state index is 12.2. The van der Waals surface area contributed by atoms with Gasteiger partial charge in [0.15, 0.2) is 0 Å². The third-order valence-electron chi connectivity index (χ3n) is 3.47. The van der Waals surface area contributed by atoms with Crippen LogP contribution >= 0.6 is 0 Å². The molecular weight excluding hydrogens is 264 g/mol. The van der Waals surface area contributed by atoms with Crippen LogP contribution in [0.1, 0.15) is 38.9 Å². The zero-order valence-corrected chi connectivity index (χ0v) is 12.3. The molecule has 0 aliphatic heterocycles. The van der Waals surface area contributed by atoms with E-state index in [4.69, 9.17) is 4.42 Å². The van der Waals surface area contributed by atoms with Crippen molar-refractivity contribution in [2.45, 2.75) is 50.8 Å². The quantitative estimate of drug-likeness (QED) is 0.837. The van der Waals surface area contributed by atoms with Gasteiger partial charge in [0.25, 0.3) is 10.0 Å². The molecule has 1 heterocycles. The average molecular weight is 286 g/mol. The molecule has 2 rings (SSSR count). The highest BCUT2D eigenvalue weighted by molar-refractivity contribution is 7.89. The van der Waals surface area contributed by atoms with Gasteiger partial charge >= 0.3 is 0 Å². The second-order valence-corrected chi connectivity index (χ2v) is 6.88. The number of hydrogen-bond acceptors (Lipinski definition) is 4. The Kier molecular flexibility index (Phi) is 4.65. The zero-order chi connectivity index (χ0) is 13.9. The first-order chi connectivity index (χ1) is 9.01. The van der Waals surface area contributed by atoms with Crippen LogP contribution < -0.4 is 10.0 Å². The minimum Gasteiger partial charge on any atom is -0.447 e.